The highest BCUT2D eigenvalue weighted by atomic mass is 16.5. The van der Waals surface area contributed by atoms with E-state index in [0.29, 0.717) is 12.1 Å². The zero-order valence-corrected chi connectivity index (χ0v) is 9.33. The summed E-state index contributed by atoms with van der Waals surface area (Å²) >= 11 is 0. The lowest BCUT2D eigenvalue weighted by molar-refractivity contribution is -0.0307. The van der Waals surface area contributed by atoms with E-state index >= 15 is 0 Å². The number of hydrogen-bond donors (Lipinski definition) is 1. The van der Waals surface area contributed by atoms with Crippen molar-refractivity contribution < 1.29 is 4.74 Å². The normalized spacial score (nSPS) is 29.8. The largest absolute Gasteiger partial charge is 0.374 e. The Kier molecular flexibility index (Phi) is 3.42. The number of nitrogens with zero attached hydrogens (tertiary/aromatic N) is 1. The van der Waals surface area contributed by atoms with E-state index in [1.807, 2.05) is 0 Å². The van der Waals surface area contributed by atoms with Crippen LogP contribution in [0.25, 0.3) is 0 Å². The first kappa shape index (κ1) is 10.4. The Morgan fingerprint density at radius 2 is 2.21 bits per heavy atom. The van der Waals surface area contributed by atoms with Gasteiger partial charge in [-0.1, -0.05) is 13.8 Å². The minimum absolute atomic E-state index is 0.409. The average molecular weight is 198 g/mol. The molecule has 1 N–H and O–H groups in total. The van der Waals surface area contributed by atoms with Gasteiger partial charge in [-0.05, 0) is 12.8 Å². The molecule has 14 heavy (non-hydrogen) atoms. The molecule has 1 aliphatic heterocycles. The van der Waals surface area contributed by atoms with Crippen molar-refractivity contribution in [3.8, 4) is 0 Å². The van der Waals surface area contributed by atoms with E-state index in [9.17, 15) is 0 Å². The standard InChI is InChI=1S/C11H22N2O/c1-9(2)12-7-11-8-13(5-6-14-11)10-3-4-10/h9-12H,3-8H2,1-2H3. The summed E-state index contributed by atoms with van der Waals surface area (Å²) in [5, 5.41) is 3.44. The van der Waals surface area contributed by atoms with Crippen LogP contribution in [0.4, 0.5) is 0 Å². The quantitative estimate of drug-likeness (QED) is 0.725. The van der Waals surface area contributed by atoms with Crippen LogP contribution in [0.3, 0.4) is 0 Å². The predicted molar refractivity (Wildman–Crippen MR) is 57.5 cm³/mol. The van der Waals surface area contributed by atoms with Crippen molar-refractivity contribution in [1.82, 2.24) is 10.2 Å². The first-order chi connectivity index (χ1) is 6.75. The molecule has 0 bridgehead atoms. The molecule has 2 rings (SSSR count). The van der Waals surface area contributed by atoms with Gasteiger partial charge in [0.25, 0.3) is 0 Å². The smallest absolute Gasteiger partial charge is 0.0826 e. The number of rotatable bonds is 4. The molecule has 0 amide bonds. The Bertz CT molecular complexity index is 180. The van der Waals surface area contributed by atoms with Crippen LogP contribution in [0.2, 0.25) is 0 Å². The maximum atomic E-state index is 5.73. The van der Waals surface area contributed by atoms with Crippen LogP contribution in [0, 0.1) is 0 Å². The highest BCUT2D eigenvalue weighted by Crippen LogP contribution is 2.27. The van der Waals surface area contributed by atoms with Gasteiger partial charge in [-0.15, -0.1) is 0 Å². The maximum Gasteiger partial charge on any atom is 0.0826 e. The lowest BCUT2D eigenvalue weighted by Crippen LogP contribution is -2.48. The molecule has 1 saturated heterocycles. The Balaban J connectivity index is 1.70. The van der Waals surface area contributed by atoms with Crippen LogP contribution in [0.5, 0.6) is 0 Å². The summed E-state index contributed by atoms with van der Waals surface area (Å²) in [6, 6.07) is 1.45. The van der Waals surface area contributed by atoms with Crippen LogP contribution in [0.15, 0.2) is 0 Å². The number of ether oxygens (including phenoxy) is 1. The fraction of sp³-hybridized carbons (Fsp3) is 1.00. The highest BCUT2D eigenvalue weighted by molar-refractivity contribution is 4.88. The molecular formula is C11H22N2O. The minimum atomic E-state index is 0.409. The SMILES string of the molecule is CC(C)NCC1CN(C2CC2)CCO1. The van der Waals surface area contributed by atoms with Gasteiger partial charge in [0.15, 0.2) is 0 Å². The van der Waals surface area contributed by atoms with E-state index in [1.54, 1.807) is 0 Å². The Labute approximate surface area is 86.8 Å². The molecule has 1 atom stereocenters. The molecule has 1 aliphatic carbocycles. The second-order valence-electron chi connectivity index (χ2n) is 4.78. The fourth-order valence-electron chi connectivity index (χ4n) is 2.00. The minimum Gasteiger partial charge on any atom is -0.374 e. The lowest BCUT2D eigenvalue weighted by Gasteiger charge is -2.33. The summed E-state index contributed by atoms with van der Waals surface area (Å²) in [4.78, 5) is 2.59. The van der Waals surface area contributed by atoms with Crippen LogP contribution in [-0.2, 0) is 4.74 Å². The van der Waals surface area contributed by atoms with Crippen molar-refractivity contribution in [2.45, 2.75) is 44.9 Å². The highest BCUT2D eigenvalue weighted by Gasteiger charge is 2.32. The van der Waals surface area contributed by atoms with Crippen molar-refractivity contribution >= 4 is 0 Å². The van der Waals surface area contributed by atoms with E-state index < -0.39 is 0 Å². The first-order valence-electron chi connectivity index (χ1n) is 5.84. The third-order valence-corrected chi connectivity index (χ3v) is 2.99. The predicted octanol–water partition coefficient (Wildman–Crippen LogP) is 0.848. The molecule has 0 aromatic rings. The average Bonchev–Trinajstić information content (AvgIpc) is 2.98. The van der Waals surface area contributed by atoms with Crippen LogP contribution >= 0.6 is 0 Å². The molecule has 0 aromatic carbocycles. The van der Waals surface area contributed by atoms with E-state index in [1.165, 1.54) is 12.8 Å². The fourth-order valence-corrected chi connectivity index (χ4v) is 2.00. The van der Waals surface area contributed by atoms with Gasteiger partial charge < -0.3 is 10.1 Å². The van der Waals surface area contributed by atoms with Gasteiger partial charge in [-0.25, -0.2) is 0 Å². The van der Waals surface area contributed by atoms with Crippen molar-refractivity contribution in [2.24, 2.45) is 0 Å². The summed E-state index contributed by atoms with van der Waals surface area (Å²) in [5.74, 6) is 0. The van der Waals surface area contributed by atoms with Gasteiger partial charge >= 0.3 is 0 Å². The topological polar surface area (TPSA) is 24.5 Å². The van der Waals surface area contributed by atoms with Crippen LogP contribution in [-0.4, -0.2) is 49.3 Å². The molecular weight excluding hydrogens is 176 g/mol. The Morgan fingerprint density at radius 1 is 1.43 bits per heavy atom. The summed E-state index contributed by atoms with van der Waals surface area (Å²) in [6.07, 6.45) is 3.22. The molecule has 1 unspecified atom stereocenters. The molecule has 2 aliphatic rings. The van der Waals surface area contributed by atoms with Gasteiger partial charge in [0.2, 0.25) is 0 Å². The third-order valence-electron chi connectivity index (χ3n) is 2.99. The molecule has 82 valence electrons. The second kappa shape index (κ2) is 4.60. The molecule has 2 fully saturated rings. The summed E-state index contributed by atoms with van der Waals surface area (Å²) < 4.78 is 5.73. The van der Waals surface area contributed by atoms with E-state index in [-0.39, 0.29) is 0 Å². The van der Waals surface area contributed by atoms with Gasteiger partial charge in [0, 0.05) is 31.7 Å². The van der Waals surface area contributed by atoms with E-state index in [4.69, 9.17) is 4.74 Å². The summed E-state index contributed by atoms with van der Waals surface area (Å²) in [5.41, 5.74) is 0. The molecule has 3 nitrogen and oxygen atoms in total. The van der Waals surface area contributed by atoms with Crippen LogP contribution in [0.1, 0.15) is 26.7 Å². The number of morpholine rings is 1. The van der Waals surface area contributed by atoms with Gasteiger partial charge in [-0.2, -0.15) is 0 Å². The van der Waals surface area contributed by atoms with Crippen LogP contribution < -0.4 is 5.32 Å². The Morgan fingerprint density at radius 3 is 2.86 bits per heavy atom. The number of hydrogen-bond acceptors (Lipinski definition) is 3. The summed E-state index contributed by atoms with van der Waals surface area (Å²) in [7, 11) is 0. The van der Waals surface area contributed by atoms with Crippen molar-refractivity contribution in [3.63, 3.8) is 0 Å². The van der Waals surface area contributed by atoms with E-state index in [2.05, 4.69) is 24.1 Å². The summed E-state index contributed by atoms with van der Waals surface area (Å²) in [6.45, 7) is 8.55. The van der Waals surface area contributed by atoms with Crippen molar-refractivity contribution in [2.75, 3.05) is 26.2 Å². The first-order valence-corrected chi connectivity index (χ1v) is 5.84. The third kappa shape index (κ3) is 2.94. The number of nitrogens with one attached hydrogen (secondary N) is 1. The molecule has 1 saturated carbocycles. The lowest BCUT2D eigenvalue weighted by atomic mass is 10.2. The molecule has 0 aromatic heterocycles. The zero-order chi connectivity index (χ0) is 9.97. The van der Waals surface area contributed by atoms with Crippen molar-refractivity contribution in [1.29, 1.82) is 0 Å². The maximum absolute atomic E-state index is 5.73. The van der Waals surface area contributed by atoms with Gasteiger partial charge in [0.05, 0.1) is 12.7 Å². The monoisotopic (exact) mass is 198 g/mol. The van der Waals surface area contributed by atoms with Crippen molar-refractivity contribution in [3.05, 3.63) is 0 Å². The molecule has 0 radical (unpaired) electrons. The van der Waals surface area contributed by atoms with Gasteiger partial charge in [-0.3, -0.25) is 4.90 Å². The van der Waals surface area contributed by atoms with E-state index in [0.717, 1.165) is 32.3 Å². The molecule has 0 spiro atoms. The van der Waals surface area contributed by atoms with Gasteiger partial charge in [0.1, 0.15) is 0 Å². The zero-order valence-electron chi connectivity index (χ0n) is 9.33. The second-order valence-corrected chi connectivity index (χ2v) is 4.78. The molecule has 1 heterocycles. The Hall–Kier alpha value is -0.120. The molecule has 3 heteroatoms.